The third kappa shape index (κ3) is 6.89. The average molecular weight is 232 g/mol. The summed E-state index contributed by atoms with van der Waals surface area (Å²) in [6, 6.07) is 0. The summed E-state index contributed by atoms with van der Waals surface area (Å²) in [7, 11) is 0. The minimum Gasteiger partial charge on any atom is -0.309 e. The van der Waals surface area contributed by atoms with Crippen molar-refractivity contribution in [3.05, 3.63) is 16.4 Å². The summed E-state index contributed by atoms with van der Waals surface area (Å²) in [5.41, 5.74) is 0. The van der Waals surface area contributed by atoms with Crippen LogP contribution in [0, 0.1) is 10.1 Å². The summed E-state index contributed by atoms with van der Waals surface area (Å²) < 4.78 is 1.94. The number of hydrogen-bond donors (Lipinski definition) is 1. The molecule has 1 aromatic rings. The molecule has 1 heterocycles. The summed E-state index contributed by atoms with van der Waals surface area (Å²) in [6.45, 7) is 4.66. The van der Waals surface area contributed by atoms with E-state index in [0.29, 0.717) is 5.16 Å². The number of nitro groups is 1. The molecule has 0 saturated carbocycles. The van der Waals surface area contributed by atoms with Crippen molar-refractivity contribution in [2.24, 2.45) is 0 Å². The largest absolute Gasteiger partial charge is 0.309 e. The van der Waals surface area contributed by atoms with E-state index in [1.54, 1.807) is 6.33 Å². The lowest BCUT2D eigenvalue weighted by atomic mass is 10.3. The molecule has 1 aromatic heterocycles. The molecule has 0 aliphatic heterocycles. The van der Waals surface area contributed by atoms with Crippen LogP contribution in [0.4, 0.5) is 0 Å². The predicted octanol–water partition coefficient (Wildman–Crippen LogP) is 1.65. The molecule has 7 heteroatoms. The van der Waals surface area contributed by atoms with Gasteiger partial charge in [-0.15, -0.1) is 22.8 Å². The summed E-state index contributed by atoms with van der Waals surface area (Å²) in [6.07, 6.45) is 4.05. The molecule has 0 aliphatic carbocycles. The Morgan fingerprint density at radius 2 is 2.20 bits per heavy atom. The SMILES string of the molecule is CCCCn1cnnc1S.CC[N+](=O)[O-]. The first kappa shape index (κ1) is 13.9. The van der Waals surface area contributed by atoms with Gasteiger partial charge in [0.1, 0.15) is 6.33 Å². The maximum Gasteiger partial charge on any atom is 0.201 e. The third-order valence-electron chi connectivity index (χ3n) is 1.61. The van der Waals surface area contributed by atoms with E-state index in [9.17, 15) is 10.1 Å². The topological polar surface area (TPSA) is 73.8 Å². The standard InChI is InChI=1S/C6H11N3S.C2H5NO2/c1-2-3-4-9-5-7-8-6(9)10;1-2-3(4)5/h5H,2-4H2,1H3,(H,8,10);2H2,1H3. The second kappa shape index (κ2) is 8.22. The van der Waals surface area contributed by atoms with E-state index < -0.39 is 0 Å². The Morgan fingerprint density at radius 3 is 2.53 bits per heavy atom. The highest BCUT2D eigenvalue weighted by atomic mass is 32.1. The van der Waals surface area contributed by atoms with Gasteiger partial charge in [-0.05, 0) is 6.42 Å². The highest BCUT2D eigenvalue weighted by Gasteiger charge is 1.95. The summed E-state index contributed by atoms with van der Waals surface area (Å²) in [5.74, 6) is 0. The molecule has 1 rings (SSSR count). The van der Waals surface area contributed by atoms with Gasteiger partial charge in [0.15, 0.2) is 5.16 Å². The maximum absolute atomic E-state index is 9.17. The van der Waals surface area contributed by atoms with Gasteiger partial charge in [-0.2, -0.15) is 0 Å². The molecule has 0 amide bonds. The minimum absolute atomic E-state index is 0.0278. The molecule has 0 aliphatic rings. The number of aryl methyl sites for hydroxylation is 1. The van der Waals surface area contributed by atoms with Gasteiger partial charge in [0.05, 0.1) is 0 Å². The van der Waals surface area contributed by atoms with Crippen molar-refractivity contribution in [3.63, 3.8) is 0 Å². The van der Waals surface area contributed by atoms with Crippen molar-refractivity contribution < 1.29 is 4.92 Å². The number of rotatable bonds is 4. The number of unbranched alkanes of at least 4 members (excludes halogenated alkanes) is 1. The minimum atomic E-state index is -0.375. The molecule has 0 radical (unpaired) electrons. The number of thiol groups is 1. The van der Waals surface area contributed by atoms with Gasteiger partial charge in [0, 0.05) is 18.4 Å². The van der Waals surface area contributed by atoms with Crippen LogP contribution in [0.3, 0.4) is 0 Å². The fourth-order valence-electron chi connectivity index (χ4n) is 0.735. The van der Waals surface area contributed by atoms with E-state index in [1.165, 1.54) is 13.3 Å². The molecular weight excluding hydrogens is 216 g/mol. The van der Waals surface area contributed by atoms with Gasteiger partial charge >= 0.3 is 0 Å². The molecule has 0 spiro atoms. The predicted molar refractivity (Wildman–Crippen MR) is 59.7 cm³/mol. The van der Waals surface area contributed by atoms with Crippen LogP contribution in [0.5, 0.6) is 0 Å². The van der Waals surface area contributed by atoms with Crippen LogP contribution in [0.1, 0.15) is 26.7 Å². The molecule has 0 bridgehead atoms. The zero-order chi connectivity index (χ0) is 11.7. The summed E-state index contributed by atoms with van der Waals surface area (Å²) in [5, 5.41) is 17.3. The Kier molecular flexibility index (Phi) is 7.61. The number of aromatic nitrogens is 3. The first-order chi connectivity index (χ1) is 7.11. The lowest BCUT2D eigenvalue weighted by Gasteiger charge is -1.98. The van der Waals surface area contributed by atoms with Gasteiger partial charge in [0.2, 0.25) is 6.54 Å². The van der Waals surface area contributed by atoms with E-state index >= 15 is 0 Å². The second-order valence-electron chi connectivity index (χ2n) is 2.83. The molecule has 0 aromatic carbocycles. The van der Waals surface area contributed by atoms with Gasteiger partial charge in [-0.1, -0.05) is 13.3 Å². The van der Waals surface area contributed by atoms with E-state index in [4.69, 9.17) is 0 Å². The van der Waals surface area contributed by atoms with Gasteiger partial charge in [-0.3, -0.25) is 10.1 Å². The molecule has 0 atom stereocenters. The molecule has 0 saturated heterocycles. The first-order valence-corrected chi connectivity index (χ1v) is 5.25. The average Bonchev–Trinajstić information content (AvgIpc) is 2.62. The monoisotopic (exact) mass is 232 g/mol. The van der Waals surface area contributed by atoms with E-state index in [0.717, 1.165) is 13.0 Å². The molecule has 0 N–H and O–H groups in total. The zero-order valence-corrected chi connectivity index (χ0v) is 9.85. The van der Waals surface area contributed by atoms with Crippen molar-refractivity contribution in [1.29, 1.82) is 0 Å². The number of hydrogen-bond acceptors (Lipinski definition) is 5. The summed E-state index contributed by atoms with van der Waals surface area (Å²) in [4.78, 5) is 8.80. The smallest absolute Gasteiger partial charge is 0.201 e. The molecular formula is C8H16N4O2S. The van der Waals surface area contributed by atoms with E-state index in [1.807, 2.05) is 4.57 Å². The fraction of sp³-hybridized carbons (Fsp3) is 0.750. The van der Waals surface area contributed by atoms with Crippen LogP contribution >= 0.6 is 12.6 Å². The second-order valence-corrected chi connectivity index (χ2v) is 3.23. The van der Waals surface area contributed by atoms with E-state index in [2.05, 4.69) is 29.7 Å². The zero-order valence-electron chi connectivity index (χ0n) is 8.96. The molecule has 86 valence electrons. The third-order valence-corrected chi connectivity index (χ3v) is 1.95. The van der Waals surface area contributed by atoms with Gasteiger partial charge in [-0.25, -0.2) is 0 Å². The lowest BCUT2D eigenvalue weighted by Crippen LogP contribution is -1.95. The van der Waals surface area contributed by atoms with Crippen LogP contribution in [0.2, 0.25) is 0 Å². The Bertz CT molecular complexity index is 290. The molecule has 0 unspecified atom stereocenters. The molecule has 6 nitrogen and oxygen atoms in total. The van der Waals surface area contributed by atoms with Crippen molar-refractivity contribution in [2.75, 3.05) is 6.54 Å². The van der Waals surface area contributed by atoms with Crippen LogP contribution in [0.25, 0.3) is 0 Å². The first-order valence-electron chi connectivity index (χ1n) is 4.80. The van der Waals surface area contributed by atoms with Crippen molar-refractivity contribution >= 4 is 12.6 Å². The maximum atomic E-state index is 9.17. The Morgan fingerprint density at radius 1 is 1.60 bits per heavy atom. The highest BCUT2D eigenvalue weighted by Crippen LogP contribution is 2.01. The summed E-state index contributed by atoms with van der Waals surface area (Å²) >= 11 is 4.11. The van der Waals surface area contributed by atoms with Crippen molar-refractivity contribution in [1.82, 2.24) is 14.8 Å². The van der Waals surface area contributed by atoms with Gasteiger partial charge in [0.25, 0.3) is 0 Å². The molecule has 0 fully saturated rings. The van der Waals surface area contributed by atoms with Crippen LogP contribution < -0.4 is 0 Å². The van der Waals surface area contributed by atoms with Gasteiger partial charge < -0.3 is 4.57 Å². The Balaban J connectivity index is 0.000000336. The Labute approximate surface area is 94.3 Å². The molecule has 15 heavy (non-hydrogen) atoms. The quantitative estimate of drug-likeness (QED) is 0.486. The Hall–Kier alpha value is -1.11. The van der Waals surface area contributed by atoms with Crippen LogP contribution in [-0.4, -0.2) is 26.2 Å². The van der Waals surface area contributed by atoms with Crippen molar-refractivity contribution in [3.8, 4) is 0 Å². The van der Waals surface area contributed by atoms with E-state index in [-0.39, 0.29) is 11.5 Å². The lowest BCUT2D eigenvalue weighted by molar-refractivity contribution is -0.475. The number of nitrogens with zero attached hydrogens (tertiary/aromatic N) is 4. The van der Waals surface area contributed by atoms with Crippen molar-refractivity contribution in [2.45, 2.75) is 38.4 Å². The van der Waals surface area contributed by atoms with Crippen LogP contribution in [-0.2, 0) is 6.54 Å². The van der Waals surface area contributed by atoms with Crippen LogP contribution in [0.15, 0.2) is 11.5 Å². The fourth-order valence-corrected chi connectivity index (χ4v) is 0.938. The normalized spacial score (nSPS) is 9.27. The highest BCUT2D eigenvalue weighted by molar-refractivity contribution is 7.80.